The van der Waals surface area contributed by atoms with Gasteiger partial charge in [0.15, 0.2) is 5.60 Å². The highest BCUT2D eigenvalue weighted by Gasteiger charge is 2.34. The fourth-order valence-corrected chi connectivity index (χ4v) is 1.22. The molecule has 0 aromatic heterocycles. The lowest BCUT2D eigenvalue weighted by atomic mass is 9.97. The van der Waals surface area contributed by atoms with Crippen LogP contribution in [0.1, 0.15) is 12.8 Å². The van der Waals surface area contributed by atoms with Gasteiger partial charge in [-0.1, -0.05) is 0 Å². The molecule has 0 spiro atoms. The van der Waals surface area contributed by atoms with Gasteiger partial charge < -0.3 is 31.2 Å². The summed E-state index contributed by atoms with van der Waals surface area (Å²) in [6, 6.07) is 0. The molecule has 0 saturated carbocycles. The van der Waals surface area contributed by atoms with E-state index >= 15 is 0 Å². The first kappa shape index (κ1) is 14.5. The number of carbonyl (C=O) groups is 2. The van der Waals surface area contributed by atoms with Crippen molar-refractivity contribution < 1.29 is 29.3 Å². The third-order valence-electron chi connectivity index (χ3n) is 1.93. The van der Waals surface area contributed by atoms with E-state index < -0.39 is 17.8 Å². The monoisotopic (exact) mass is 236 g/mol. The van der Waals surface area contributed by atoms with Gasteiger partial charge in [0.05, 0.1) is 0 Å². The molecule has 0 aliphatic rings. The summed E-state index contributed by atoms with van der Waals surface area (Å²) in [5.41, 5.74) is 8.27. The van der Waals surface area contributed by atoms with Crippen LogP contribution in [0.4, 0.5) is 9.59 Å². The lowest BCUT2D eigenvalue weighted by Gasteiger charge is -2.30. The van der Waals surface area contributed by atoms with E-state index in [1.807, 2.05) is 0 Å². The number of aliphatic hydroxyl groups is 2. The average molecular weight is 236 g/mol. The van der Waals surface area contributed by atoms with E-state index in [1.165, 1.54) is 0 Å². The van der Waals surface area contributed by atoms with Crippen LogP contribution in [-0.2, 0) is 9.47 Å². The number of carbonyl (C=O) groups excluding carboxylic acids is 2. The van der Waals surface area contributed by atoms with Crippen molar-refractivity contribution in [1.82, 2.24) is 0 Å². The van der Waals surface area contributed by atoms with Crippen molar-refractivity contribution in [3.63, 3.8) is 0 Å². The van der Waals surface area contributed by atoms with Crippen molar-refractivity contribution in [3.8, 4) is 0 Å². The minimum absolute atomic E-state index is 0.0240. The first-order valence-electron chi connectivity index (χ1n) is 4.58. The van der Waals surface area contributed by atoms with Gasteiger partial charge in [0.1, 0.15) is 6.61 Å². The van der Waals surface area contributed by atoms with Crippen LogP contribution in [0.15, 0.2) is 0 Å². The Morgan fingerprint density at radius 3 is 1.88 bits per heavy atom. The van der Waals surface area contributed by atoms with E-state index in [4.69, 9.17) is 26.4 Å². The molecule has 8 heteroatoms. The molecule has 0 unspecified atom stereocenters. The van der Waals surface area contributed by atoms with Crippen LogP contribution in [0, 0.1) is 0 Å². The summed E-state index contributed by atoms with van der Waals surface area (Å²) in [4.78, 5) is 21.1. The fraction of sp³-hybridized carbons (Fsp3) is 0.750. The molecule has 16 heavy (non-hydrogen) atoms. The van der Waals surface area contributed by atoms with Crippen LogP contribution < -0.4 is 11.5 Å². The first-order chi connectivity index (χ1) is 7.45. The van der Waals surface area contributed by atoms with Gasteiger partial charge in [-0.25, -0.2) is 9.59 Å². The molecule has 0 radical (unpaired) electrons. The summed E-state index contributed by atoms with van der Waals surface area (Å²) in [5, 5.41) is 17.6. The Balaban J connectivity index is 4.61. The predicted molar refractivity (Wildman–Crippen MR) is 52.3 cm³/mol. The second-order valence-corrected chi connectivity index (χ2v) is 3.16. The average Bonchev–Trinajstić information content (AvgIpc) is 2.14. The van der Waals surface area contributed by atoms with Crippen molar-refractivity contribution in [2.75, 3.05) is 19.8 Å². The zero-order chi connectivity index (χ0) is 12.6. The Bertz CT molecular complexity index is 239. The predicted octanol–water partition coefficient (Wildman–Crippen LogP) is -1.32. The molecule has 0 aromatic carbocycles. The third-order valence-corrected chi connectivity index (χ3v) is 1.93. The number of hydrogen-bond acceptors (Lipinski definition) is 6. The molecule has 0 aliphatic carbocycles. The summed E-state index contributed by atoms with van der Waals surface area (Å²) >= 11 is 0. The van der Waals surface area contributed by atoms with E-state index in [-0.39, 0.29) is 32.7 Å². The van der Waals surface area contributed by atoms with Gasteiger partial charge in [-0.15, -0.1) is 0 Å². The van der Waals surface area contributed by atoms with Crippen molar-refractivity contribution in [1.29, 1.82) is 0 Å². The Hall–Kier alpha value is -1.54. The molecule has 0 saturated heterocycles. The second kappa shape index (κ2) is 6.85. The molecule has 0 heterocycles. The topological polar surface area (TPSA) is 145 Å². The quantitative estimate of drug-likeness (QED) is 0.431. The van der Waals surface area contributed by atoms with Crippen LogP contribution in [0.3, 0.4) is 0 Å². The maximum Gasteiger partial charge on any atom is 0.405 e. The van der Waals surface area contributed by atoms with Gasteiger partial charge in [0.25, 0.3) is 0 Å². The van der Waals surface area contributed by atoms with Crippen LogP contribution in [-0.4, -0.2) is 47.8 Å². The molecular weight excluding hydrogens is 220 g/mol. The normalized spacial score (nSPS) is 10.9. The Morgan fingerprint density at radius 1 is 1.06 bits per heavy atom. The highest BCUT2D eigenvalue weighted by Crippen LogP contribution is 2.21. The van der Waals surface area contributed by atoms with Gasteiger partial charge in [0, 0.05) is 26.1 Å². The molecule has 94 valence electrons. The fourth-order valence-electron chi connectivity index (χ4n) is 1.22. The third kappa shape index (κ3) is 5.37. The Labute approximate surface area is 92.1 Å². The molecule has 8 nitrogen and oxygen atoms in total. The van der Waals surface area contributed by atoms with E-state index in [0.29, 0.717) is 0 Å². The highest BCUT2D eigenvalue weighted by atomic mass is 16.6. The Morgan fingerprint density at radius 2 is 1.56 bits per heavy atom. The van der Waals surface area contributed by atoms with Gasteiger partial charge in [-0.3, -0.25) is 0 Å². The first-order valence-corrected chi connectivity index (χ1v) is 4.58. The zero-order valence-corrected chi connectivity index (χ0v) is 8.72. The molecule has 0 aliphatic heterocycles. The van der Waals surface area contributed by atoms with Crippen molar-refractivity contribution in [2.24, 2.45) is 11.5 Å². The Kier molecular flexibility index (Phi) is 6.19. The van der Waals surface area contributed by atoms with Gasteiger partial charge in [-0.05, 0) is 0 Å². The summed E-state index contributed by atoms with van der Waals surface area (Å²) in [6.45, 7) is -1.02. The minimum atomic E-state index is -1.34. The summed E-state index contributed by atoms with van der Waals surface area (Å²) in [5.74, 6) is 0. The number of aliphatic hydroxyl groups excluding tert-OH is 2. The van der Waals surface area contributed by atoms with Crippen LogP contribution in [0.5, 0.6) is 0 Å². The van der Waals surface area contributed by atoms with Crippen molar-refractivity contribution in [3.05, 3.63) is 0 Å². The highest BCUT2D eigenvalue weighted by molar-refractivity contribution is 5.66. The standard InChI is InChI=1S/C8H16N2O6/c9-6(13)15-5-8(1-3-11,2-4-12)16-7(10)14/h11-12H,1-5H2,(H2,9,13)(H2,10,14). The lowest BCUT2D eigenvalue weighted by molar-refractivity contribution is -0.0570. The zero-order valence-electron chi connectivity index (χ0n) is 8.72. The number of primary amides is 2. The molecule has 2 amide bonds. The number of nitrogens with two attached hydrogens (primary N) is 2. The summed E-state index contributed by atoms with van der Waals surface area (Å²) < 4.78 is 9.25. The molecule has 0 aromatic rings. The second-order valence-electron chi connectivity index (χ2n) is 3.16. The van der Waals surface area contributed by atoms with Crippen molar-refractivity contribution >= 4 is 12.2 Å². The molecule has 0 atom stereocenters. The number of hydrogen-bond donors (Lipinski definition) is 4. The van der Waals surface area contributed by atoms with Gasteiger partial charge in [-0.2, -0.15) is 0 Å². The molecule has 0 rings (SSSR count). The SMILES string of the molecule is NC(=O)OCC(CCO)(CCO)OC(N)=O. The van der Waals surface area contributed by atoms with Crippen LogP contribution >= 0.6 is 0 Å². The maximum atomic E-state index is 10.7. The minimum Gasteiger partial charge on any atom is -0.445 e. The van der Waals surface area contributed by atoms with E-state index in [0.717, 1.165) is 0 Å². The molecule has 0 fully saturated rings. The van der Waals surface area contributed by atoms with Crippen LogP contribution in [0.2, 0.25) is 0 Å². The largest absolute Gasteiger partial charge is 0.445 e. The molecular formula is C8H16N2O6. The maximum absolute atomic E-state index is 10.7. The number of amides is 2. The molecule has 6 N–H and O–H groups in total. The van der Waals surface area contributed by atoms with Gasteiger partial charge >= 0.3 is 12.2 Å². The van der Waals surface area contributed by atoms with Gasteiger partial charge in [0.2, 0.25) is 0 Å². The van der Waals surface area contributed by atoms with E-state index in [2.05, 4.69) is 4.74 Å². The number of ether oxygens (including phenoxy) is 2. The summed E-state index contributed by atoms with van der Waals surface area (Å²) in [6.07, 6.45) is -2.18. The van der Waals surface area contributed by atoms with E-state index in [9.17, 15) is 9.59 Å². The van der Waals surface area contributed by atoms with Crippen LogP contribution in [0.25, 0.3) is 0 Å². The number of rotatable bonds is 7. The lowest BCUT2D eigenvalue weighted by Crippen LogP contribution is -2.44. The van der Waals surface area contributed by atoms with E-state index in [1.54, 1.807) is 0 Å². The van der Waals surface area contributed by atoms with Crippen molar-refractivity contribution in [2.45, 2.75) is 18.4 Å². The molecule has 0 bridgehead atoms. The smallest absolute Gasteiger partial charge is 0.405 e. The summed E-state index contributed by atoms with van der Waals surface area (Å²) in [7, 11) is 0.